The van der Waals surface area contributed by atoms with Gasteiger partial charge in [0.05, 0.1) is 25.3 Å². The average molecular weight is 654 g/mol. The number of amides is 5. The lowest BCUT2D eigenvalue weighted by atomic mass is 10.0. The van der Waals surface area contributed by atoms with Crippen LogP contribution in [0.4, 0.5) is 0 Å². The van der Waals surface area contributed by atoms with E-state index in [-0.39, 0.29) is 74.1 Å². The van der Waals surface area contributed by atoms with E-state index >= 15 is 0 Å². The Morgan fingerprint density at radius 1 is 0.936 bits per heavy atom. The van der Waals surface area contributed by atoms with Gasteiger partial charge in [0.25, 0.3) is 5.91 Å². The molecule has 256 valence electrons. The summed E-state index contributed by atoms with van der Waals surface area (Å²) in [5.74, 6) is -0.628. The number of nitrogens with one attached hydrogen (secondary N) is 5. The lowest BCUT2D eigenvalue weighted by molar-refractivity contribution is -0.130. The van der Waals surface area contributed by atoms with Gasteiger partial charge in [-0.15, -0.1) is 0 Å². The maximum absolute atomic E-state index is 13.5. The second kappa shape index (κ2) is 19.0. The summed E-state index contributed by atoms with van der Waals surface area (Å²) in [6, 6.07) is 11.4. The SMILES string of the molecule is COc1ccc(OCCNC(=O)[C@@H]2CCC(=O)N[C@H](C(C)C)C(=O)NCCCCC(=O)N[C@@H](C)COc3ccccc3C(=O)N2)cc1. The first-order valence-electron chi connectivity index (χ1n) is 16.0. The number of fused-ring (bicyclic) bond motifs is 1. The molecule has 2 aromatic rings. The molecule has 0 saturated heterocycles. The van der Waals surface area contributed by atoms with Crippen LogP contribution in [0.2, 0.25) is 0 Å². The van der Waals surface area contributed by atoms with E-state index in [1.54, 1.807) is 62.6 Å². The lowest BCUT2D eigenvalue weighted by Crippen LogP contribution is -2.51. The molecule has 5 N–H and O–H groups in total. The Balaban J connectivity index is 1.75. The van der Waals surface area contributed by atoms with E-state index in [9.17, 15) is 24.0 Å². The van der Waals surface area contributed by atoms with Crippen LogP contribution in [-0.2, 0) is 19.2 Å². The molecule has 0 bridgehead atoms. The Bertz CT molecular complexity index is 1350. The van der Waals surface area contributed by atoms with Gasteiger partial charge in [-0.3, -0.25) is 24.0 Å². The highest BCUT2D eigenvalue weighted by Gasteiger charge is 2.27. The number of carbonyl (C=O) groups is 5. The van der Waals surface area contributed by atoms with Crippen molar-refractivity contribution in [3.05, 3.63) is 54.1 Å². The molecular formula is C34H47N5O8. The largest absolute Gasteiger partial charge is 0.497 e. The molecule has 0 saturated carbocycles. The number of methoxy groups -OCH3 is 1. The number of benzene rings is 2. The summed E-state index contributed by atoms with van der Waals surface area (Å²) in [7, 11) is 1.57. The zero-order valence-electron chi connectivity index (χ0n) is 27.6. The maximum Gasteiger partial charge on any atom is 0.255 e. The van der Waals surface area contributed by atoms with Gasteiger partial charge in [0.15, 0.2) is 0 Å². The predicted octanol–water partition coefficient (Wildman–Crippen LogP) is 2.09. The molecule has 5 amide bonds. The molecule has 0 fully saturated rings. The summed E-state index contributed by atoms with van der Waals surface area (Å²) >= 11 is 0. The highest BCUT2D eigenvalue weighted by Crippen LogP contribution is 2.19. The number of rotatable bonds is 7. The van der Waals surface area contributed by atoms with Crippen molar-refractivity contribution in [2.24, 2.45) is 5.92 Å². The molecule has 0 radical (unpaired) electrons. The second-order valence-electron chi connectivity index (χ2n) is 11.7. The third kappa shape index (κ3) is 12.5. The highest BCUT2D eigenvalue weighted by molar-refractivity contribution is 5.99. The van der Waals surface area contributed by atoms with E-state index < -0.39 is 29.8 Å². The Morgan fingerprint density at radius 3 is 2.36 bits per heavy atom. The fourth-order valence-electron chi connectivity index (χ4n) is 4.81. The van der Waals surface area contributed by atoms with Gasteiger partial charge in [0.2, 0.25) is 23.6 Å². The van der Waals surface area contributed by atoms with Crippen LogP contribution in [0.5, 0.6) is 17.2 Å². The minimum absolute atomic E-state index is 0.0265. The zero-order valence-corrected chi connectivity index (χ0v) is 27.6. The predicted molar refractivity (Wildman–Crippen MR) is 175 cm³/mol. The molecule has 13 heteroatoms. The van der Waals surface area contributed by atoms with Crippen LogP contribution < -0.4 is 40.8 Å². The summed E-state index contributed by atoms with van der Waals surface area (Å²) < 4.78 is 16.7. The highest BCUT2D eigenvalue weighted by atomic mass is 16.5. The fraction of sp³-hybridized carbons (Fsp3) is 0.500. The van der Waals surface area contributed by atoms with Crippen molar-refractivity contribution in [3.8, 4) is 17.2 Å². The number of hydrogen-bond donors (Lipinski definition) is 5. The Labute approximate surface area is 275 Å². The summed E-state index contributed by atoms with van der Waals surface area (Å²) in [5.41, 5.74) is 0.193. The number of para-hydroxylation sites is 1. The van der Waals surface area contributed by atoms with Crippen molar-refractivity contribution < 1.29 is 38.2 Å². The maximum atomic E-state index is 13.5. The van der Waals surface area contributed by atoms with Crippen molar-refractivity contribution in [1.29, 1.82) is 0 Å². The molecule has 13 nitrogen and oxygen atoms in total. The van der Waals surface area contributed by atoms with E-state index in [2.05, 4.69) is 26.6 Å². The van der Waals surface area contributed by atoms with Gasteiger partial charge in [-0.05, 0) is 68.5 Å². The zero-order chi connectivity index (χ0) is 34.2. The molecule has 2 aromatic carbocycles. The summed E-state index contributed by atoms with van der Waals surface area (Å²) in [4.78, 5) is 65.1. The van der Waals surface area contributed by atoms with Crippen molar-refractivity contribution in [3.63, 3.8) is 0 Å². The topological polar surface area (TPSA) is 173 Å². The standard InChI is InChI=1S/C34H47N5O8/c1-22(2)31-34(44)35-18-8-7-11-29(40)37-23(3)21-47-28-10-6-5-9-26(28)32(42)38-27(16-17-30(41)39-31)33(43)36-19-20-46-25-14-12-24(45-4)13-15-25/h5-6,9-10,12-15,22-23,27,31H,7-8,11,16-21H2,1-4H3,(H,35,44)(H,36,43)(H,37,40)(H,38,42)(H,39,41)/t23-,27-,31+/m0/s1. The normalized spacial score (nSPS) is 20.6. The van der Waals surface area contributed by atoms with Gasteiger partial charge in [-0.1, -0.05) is 26.0 Å². The molecular weight excluding hydrogens is 606 g/mol. The minimum Gasteiger partial charge on any atom is -0.497 e. The molecule has 0 unspecified atom stereocenters. The molecule has 1 heterocycles. The van der Waals surface area contributed by atoms with Gasteiger partial charge < -0.3 is 40.8 Å². The lowest BCUT2D eigenvalue weighted by Gasteiger charge is -2.23. The molecule has 47 heavy (non-hydrogen) atoms. The Morgan fingerprint density at radius 2 is 1.64 bits per heavy atom. The fourth-order valence-corrected chi connectivity index (χ4v) is 4.81. The summed E-state index contributed by atoms with van der Waals surface area (Å²) in [6.07, 6.45) is 1.28. The number of carbonyl (C=O) groups excluding carboxylic acids is 5. The second-order valence-corrected chi connectivity index (χ2v) is 11.7. The monoisotopic (exact) mass is 653 g/mol. The average Bonchev–Trinajstić information content (AvgIpc) is 3.05. The molecule has 3 rings (SSSR count). The van der Waals surface area contributed by atoms with Gasteiger partial charge in [0, 0.05) is 19.4 Å². The van der Waals surface area contributed by atoms with E-state index in [0.717, 1.165) is 0 Å². The smallest absolute Gasteiger partial charge is 0.255 e. The van der Waals surface area contributed by atoms with E-state index in [1.165, 1.54) is 0 Å². The molecule has 0 spiro atoms. The third-order valence-corrected chi connectivity index (χ3v) is 7.43. The first-order valence-corrected chi connectivity index (χ1v) is 16.0. The van der Waals surface area contributed by atoms with E-state index in [0.29, 0.717) is 30.9 Å². The quantitative estimate of drug-likeness (QED) is 0.283. The molecule has 0 aliphatic carbocycles. The summed E-state index contributed by atoms with van der Waals surface area (Å²) in [6.45, 7) is 6.21. The Hall–Kier alpha value is -4.81. The van der Waals surface area contributed by atoms with Crippen LogP contribution in [0, 0.1) is 5.92 Å². The van der Waals surface area contributed by atoms with Crippen LogP contribution in [0.1, 0.15) is 63.2 Å². The van der Waals surface area contributed by atoms with E-state index in [4.69, 9.17) is 14.2 Å². The molecule has 0 aromatic heterocycles. The van der Waals surface area contributed by atoms with Crippen molar-refractivity contribution in [1.82, 2.24) is 26.6 Å². The molecule has 1 aliphatic heterocycles. The third-order valence-electron chi connectivity index (χ3n) is 7.43. The van der Waals surface area contributed by atoms with Gasteiger partial charge in [-0.2, -0.15) is 0 Å². The number of hydrogen-bond acceptors (Lipinski definition) is 8. The van der Waals surface area contributed by atoms with Crippen molar-refractivity contribution in [2.75, 3.05) is 33.4 Å². The van der Waals surface area contributed by atoms with Crippen LogP contribution >= 0.6 is 0 Å². The first kappa shape index (κ1) is 36.7. The van der Waals surface area contributed by atoms with Crippen LogP contribution in [-0.4, -0.2) is 81.1 Å². The van der Waals surface area contributed by atoms with Gasteiger partial charge >= 0.3 is 0 Å². The van der Waals surface area contributed by atoms with Gasteiger partial charge in [0.1, 0.15) is 42.5 Å². The van der Waals surface area contributed by atoms with Crippen molar-refractivity contribution >= 4 is 29.5 Å². The Kier molecular flexibility index (Phi) is 14.8. The number of ether oxygens (including phenoxy) is 3. The van der Waals surface area contributed by atoms with Crippen LogP contribution in [0.15, 0.2) is 48.5 Å². The first-order chi connectivity index (χ1) is 22.6. The molecule has 3 atom stereocenters. The van der Waals surface area contributed by atoms with Crippen LogP contribution in [0.25, 0.3) is 0 Å². The summed E-state index contributed by atoms with van der Waals surface area (Å²) in [5, 5.41) is 14.0. The minimum atomic E-state index is -1.08. The van der Waals surface area contributed by atoms with Gasteiger partial charge in [-0.25, -0.2) is 0 Å². The van der Waals surface area contributed by atoms with E-state index in [1.807, 2.05) is 13.8 Å². The van der Waals surface area contributed by atoms with Crippen molar-refractivity contribution in [2.45, 2.75) is 71.0 Å². The van der Waals surface area contributed by atoms with Crippen LogP contribution in [0.3, 0.4) is 0 Å². The molecule has 1 aliphatic rings.